The Morgan fingerprint density at radius 3 is 2.52 bits per heavy atom. The molecule has 4 N–H and O–H groups in total. The highest BCUT2D eigenvalue weighted by molar-refractivity contribution is 6.45. The van der Waals surface area contributed by atoms with Crippen LogP contribution in [0.4, 0.5) is 4.39 Å². The third kappa shape index (κ3) is 4.19. The summed E-state index contributed by atoms with van der Waals surface area (Å²) in [5.74, 6) is -2.05. The SMILES string of the molecule is CC(C)N1CC(=C(O)C(C=N)=C[NH2+]Cc2ccc(F)cc2)C(=O)C1=O. The number of likely N-dealkylation sites (tertiary alicyclic amines) is 1. The molecule has 2 rings (SSSR count). The van der Waals surface area contributed by atoms with Crippen LogP contribution in [0.5, 0.6) is 0 Å². The Hall–Kier alpha value is -2.80. The van der Waals surface area contributed by atoms with Crippen LogP contribution in [0, 0.1) is 11.2 Å². The van der Waals surface area contributed by atoms with E-state index in [0.29, 0.717) is 6.54 Å². The van der Waals surface area contributed by atoms with Gasteiger partial charge in [0, 0.05) is 17.8 Å². The van der Waals surface area contributed by atoms with E-state index in [-0.39, 0.29) is 35.3 Å². The summed E-state index contributed by atoms with van der Waals surface area (Å²) in [7, 11) is 0. The predicted molar refractivity (Wildman–Crippen MR) is 90.4 cm³/mol. The monoisotopic (exact) mass is 346 g/mol. The highest BCUT2D eigenvalue weighted by atomic mass is 19.1. The minimum absolute atomic E-state index is 0.00336. The van der Waals surface area contributed by atoms with Gasteiger partial charge in [0.2, 0.25) is 0 Å². The summed E-state index contributed by atoms with van der Waals surface area (Å²) in [6.45, 7) is 4.08. The van der Waals surface area contributed by atoms with E-state index in [1.807, 2.05) is 0 Å². The molecule has 0 bridgehead atoms. The van der Waals surface area contributed by atoms with Gasteiger partial charge in [-0.25, -0.2) is 4.39 Å². The van der Waals surface area contributed by atoms with Gasteiger partial charge in [-0.1, -0.05) is 12.1 Å². The highest BCUT2D eigenvalue weighted by Gasteiger charge is 2.38. The molecule has 132 valence electrons. The number of nitrogens with two attached hydrogens (primary N) is 1. The zero-order valence-corrected chi connectivity index (χ0v) is 14.1. The van der Waals surface area contributed by atoms with Crippen LogP contribution in [0.15, 0.2) is 47.4 Å². The first-order chi connectivity index (χ1) is 11.8. The molecular weight excluding hydrogens is 325 g/mol. The molecule has 1 fully saturated rings. The lowest BCUT2D eigenvalue weighted by atomic mass is 10.1. The number of allylic oxidation sites excluding steroid dienone is 1. The number of ketones is 1. The van der Waals surface area contributed by atoms with Crippen molar-refractivity contribution in [2.75, 3.05) is 6.54 Å². The standard InChI is InChI=1S/C18H20FN3O3/c1-11(2)22-10-15(17(24)18(22)25)16(23)13(7-20)9-21-8-12-3-5-14(19)6-4-12/h3-7,9,11,20-21,23H,8,10H2,1-2H3/p+1. The second-order valence-corrected chi connectivity index (χ2v) is 6.02. The first kappa shape index (κ1) is 18.5. The molecule has 1 aromatic rings. The lowest BCUT2D eigenvalue weighted by Crippen LogP contribution is -2.76. The molecule has 1 aliphatic rings. The van der Waals surface area contributed by atoms with Crippen LogP contribution in [-0.2, 0) is 16.1 Å². The minimum atomic E-state index is -0.738. The number of aliphatic hydroxyl groups excluding tert-OH is 1. The van der Waals surface area contributed by atoms with Gasteiger partial charge in [-0.3, -0.25) is 9.59 Å². The summed E-state index contributed by atoms with van der Waals surface area (Å²) in [4.78, 5) is 25.3. The maximum Gasteiger partial charge on any atom is 0.295 e. The van der Waals surface area contributed by atoms with Gasteiger partial charge in [-0.15, -0.1) is 0 Å². The lowest BCUT2D eigenvalue weighted by Gasteiger charge is -2.18. The normalized spacial score (nSPS) is 17.4. The summed E-state index contributed by atoms with van der Waals surface area (Å²) in [6, 6.07) is 5.84. The van der Waals surface area contributed by atoms with E-state index < -0.39 is 11.7 Å². The molecular formula is C18H21FN3O3+. The van der Waals surface area contributed by atoms with E-state index in [0.717, 1.165) is 11.8 Å². The largest absolute Gasteiger partial charge is 0.507 e. The Balaban J connectivity index is 2.15. The maximum absolute atomic E-state index is 12.9. The quantitative estimate of drug-likeness (QED) is 0.311. The van der Waals surface area contributed by atoms with Crippen molar-refractivity contribution in [3.63, 3.8) is 0 Å². The highest BCUT2D eigenvalue weighted by Crippen LogP contribution is 2.21. The van der Waals surface area contributed by atoms with E-state index in [1.165, 1.54) is 23.2 Å². The van der Waals surface area contributed by atoms with Crippen molar-refractivity contribution in [2.45, 2.75) is 26.4 Å². The van der Waals surface area contributed by atoms with Crippen LogP contribution in [0.25, 0.3) is 0 Å². The summed E-state index contributed by atoms with van der Waals surface area (Å²) < 4.78 is 12.9. The molecule has 7 heteroatoms. The van der Waals surface area contributed by atoms with Gasteiger partial charge in [-0.2, -0.15) is 0 Å². The number of rotatable bonds is 6. The Morgan fingerprint density at radius 1 is 1.36 bits per heavy atom. The molecule has 25 heavy (non-hydrogen) atoms. The Morgan fingerprint density at radius 2 is 2.00 bits per heavy atom. The van der Waals surface area contributed by atoms with Gasteiger partial charge in [0.1, 0.15) is 24.3 Å². The summed E-state index contributed by atoms with van der Waals surface area (Å²) >= 11 is 0. The van der Waals surface area contributed by atoms with Crippen LogP contribution in [0.2, 0.25) is 0 Å². The third-order valence-corrected chi connectivity index (χ3v) is 3.96. The lowest BCUT2D eigenvalue weighted by molar-refractivity contribution is -0.605. The van der Waals surface area contributed by atoms with Crippen LogP contribution < -0.4 is 5.32 Å². The van der Waals surface area contributed by atoms with Crippen molar-refractivity contribution >= 4 is 17.9 Å². The van der Waals surface area contributed by atoms with Crippen molar-refractivity contribution < 1.29 is 24.4 Å². The van der Waals surface area contributed by atoms with Crippen molar-refractivity contribution in [1.82, 2.24) is 4.90 Å². The van der Waals surface area contributed by atoms with Crippen LogP contribution in [-0.4, -0.2) is 40.5 Å². The number of aliphatic hydroxyl groups is 1. The number of hydrogen-bond acceptors (Lipinski definition) is 4. The van der Waals surface area contributed by atoms with Crippen LogP contribution in [0.1, 0.15) is 19.4 Å². The average Bonchev–Trinajstić information content (AvgIpc) is 2.88. The molecule has 6 nitrogen and oxygen atoms in total. The van der Waals surface area contributed by atoms with Crippen LogP contribution >= 0.6 is 0 Å². The number of Topliss-reactive ketones (excluding diaryl/α,β-unsaturated/α-hetero) is 1. The zero-order valence-electron chi connectivity index (χ0n) is 14.1. The van der Waals surface area contributed by atoms with Crippen molar-refractivity contribution in [3.8, 4) is 0 Å². The molecule has 1 heterocycles. The van der Waals surface area contributed by atoms with Gasteiger partial charge in [0.05, 0.1) is 17.7 Å². The van der Waals surface area contributed by atoms with Gasteiger partial charge in [0.15, 0.2) is 0 Å². The molecule has 0 atom stereocenters. The molecule has 0 saturated carbocycles. The average molecular weight is 346 g/mol. The van der Waals surface area contributed by atoms with E-state index in [1.54, 1.807) is 31.3 Å². The summed E-state index contributed by atoms with van der Waals surface area (Å²) in [5, 5.41) is 19.5. The molecule has 0 unspecified atom stereocenters. The fraction of sp³-hybridized carbons (Fsp3) is 0.278. The third-order valence-electron chi connectivity index (χ3n) is 3.96. The fourth-order valence-electron chi connectivity index (χ4n) is 2.49. The van der Waals surface area contributed by atoms with E-state index >= 15 is 0 Å². The van der Waals surface area contributed by atoms with Gasteiger partial charge < -0.3 is 20.7 Å². The number of hydrogen-bond donors (Lipinski definition) is 3. The molecule has 0 radical (unpaired) electrons. The Labute approximate surface area is 145 Å². The number of benzene rings is 1. The maximum atomic E-state index is 12.9. The van der Waals surface area contributed by atoms with Gasteiger partial charge in [0.25, 0.3) is 11.7 Å². The molecule has 1 aromatic carbocycles. The van der Waals surface area contributed by atoms with Crippen LogP contribution in [0.3, 0.4) is 0 Å². The molecule has 1 aliphatic heterocycles. The topological polar surface area (TPSA) is 98.1 Å². The number of nitrogens with zero attached hydrogens (tertiary/aromatic N) is 1. The Bertz CT molecular complexity index is 751. The predicted octanol–water partition coefficient (Wildman–Crippen LogP) is 1.05. The van der Waals surface area contributed by atoms with Gasteiger partial charge in [-0.05, 0) is 26.0 Å². The number of amides is 1. The summed E-state index contributed by atoms with van der Waals surface area (Å²) in [5.41, 5.74) is 1.01. The second-order valence-electron chi connectivity index (χ2n) is 6.02. The number of carbonyl (C=O) groups is 2. The number of carbonyl (C=O) groups excluding carboxylic acids is 2. The van der Waals surface area contributed by atoms with Crippen molar-refractivity contribution in [3.05, 3.63) is 58.8 Å². The number of quaternary nitrogens is 1. The summed E-state index contributed by atoms with van der Waals surface area (Å²) in [6.07, 6.45) is 2.44. The van der Waals surface area contributed by atoms with Crippen molar-refractivity contribution in [1.29, 1.82) is 5.41 Å². The molecule has 0 aliphatic carbocycles. The molecule has 0 spiro atoms. The first-order valence-electron chi connectivity index (χ1n) is 7.91. The molecule has 0 aromatic heterocycles. The fourth-order valence-corrected chi connectivity index (χ4v) is 2.49. The minimum Gasteiger partial charge on any atom is -0.507 e. The second kappa shape index (κ2) is 7.85. The number of nitrogens with one attached hydrogen (secondary N) is 1. The molecule has 1 amide bonds. The van der Waals surface area contributed by atoms with Crippen molar-refractivity contribution in [2.24, 2.45) is 0 Å². The van der Waals surface area contributed by atoms with E-state index in [9.17, 15) is 19.1 Å². The van der Waals surface area contributed by atoms with E-state index in [2.05, 4.69) is 0 Å². The smallest absolute Gasteiger partial charge is 0.295 e. The number of halogens is 1. The Kier molecular flexibility index (Phi) is 5.82. The first-order valence-corrected chi connectivity index (χ1v) is 7.91. The van der Waals surface area contributed by atoms with Gasteiger partial charge >= 0.3 is 0 Å². The van der Waals surface area contributed by atoms with E-state index in [4.69, 9.17) is 5.41 Å². The molecule has 1 saturated heterocycles. The zero-order chi connectivity index (χ0) is 18.6.